The number of nitrogens with one attached hydrogen (secondary N) is 2. The summed E-state index contributed by atoms with van der Waals surface area (Å²) in [4.78, 5) is 20.2. The fourth-order valence-corrected chi connectivity index (χ4v) is 1.79. The van der Waals surface area contributed by atoms with Gasteiger partial charge in [-0.05, 0) is 26.0 Å². The van der Waals surface area contributed by atoms with Gasteiger partial charge in [-0.15, -0.1) is 0 Å². The van der Waals surface area contributed by atoms with Crippen molar-refractivity contribution in [3.05, 3.63) is 30.6 Å². The van der Waals surface area contributed by atoms with Gasteiger partial charge in [0, 0.05) is 11.9 Å². The van der Waals surface area contributed by atoms with Crippen LogP contribution in [0.5, 0.6) is 0 Å². The van der Waals surface area contributed by atoms with Crippen molar-refractivity contribution in [2.45, 2.75) is 26.0 Å². The topological polar surface area (TPSA) is 87.1 Å². The average molecular weight is 274 g/mol. The third-order valence-corrected chi connectivity index (χ3v) is 2.86. The van der Waals surface area contributed by atoms with Crippen molar-refractivity contribution in [1.82, 2.24) is 15.3 Å². The van der Waals surface area contributed by atoms with E-state index >= 15 is 0 Å². The Morgan fingerprint density at radius 2 is 2.05 bits per heavy atom. The lowest BCUT2D eigenvalue weighted by atomic mass is 10.2. The number of aliphatic hydroxyl groups is 1. The number of rotatable bonds is 5. The molecule has 20 heavy (non-hydrogen) atoms. The molecule has 0 spiro atoms. The Labute approximate surface area is 117 Å². The van der Waals surface area contributed by atoms with Crippen molar-refractivity contribution in [1.29, 1.82) is 0 Å². The number of carbonyl (C=O) groups excluding carboxylic acids is 1. The summed E-state index contributed by atoms with van der Waals surface area (Å²) in [6.45, 7) is 3.60. The zero-order valence-corrected chi connectivity index (χ0v) is 11.5. The van der Waals surface area contributed by atoms with E-state index in [1.165, 1.54) is 6.33 Å². The number of carbonyl (C=O) groups is 1. The molecule has 2 rings (SSSR count). The summed E-state index contributed by atoms with van der Waals surface area (Å²) in [6.07, 6.45) is 0.900. The number of fused-ring (bicyclic) bond motifs is 1. The van der Waals surface area contributed by atoms with E-state index in [2.05, 4.69) is 20.6 Å². The highest BCUT2D eigenvalue weighted by Gasteiger charge is 2.14. The van der Waals surface area contributed by atoms with Crippen LogP contribution < -0.4 is 10.6 Å². The van der Waals surface area contributed by atoms with Crippen LogP contribution in [0.4, 0.5) is 5.82 Å². The fraction of sp³-hybridized carbons (Fsp3) is 0.357. The summed E-state index contributed by atoms with van der Waals surface area (Å²) in [5, 5.41) is 15.7. The molecule has 0 saturated heterocycles. The predicted octanol–water partition coefficient (Wildman–Crippen LogP) is 0.927. The SMILES string of the molecule is CC(O)CNC(=O)C(C)Nc1ncnc2ccccc12. The standard InChI is InChI=1S/C14H18N4O2/c1-9(19)7-15-14(20)10(2)18-13-11-5-3-4-6-12(11)16-8-17-13/h3-6,8-10,19H,7H2,1-2H3,(H,15,20)(H,16,17,18). The average Bonchev–Trinajstić information content (AvgIpc) is 2.45. The number of aromatic nitrogens is 2. The van der Waals surface area contributed by atoms with E-state index in [-0.39, 0.29) is 12.5 Å². The van der Waals surface area contributed by atoms with E-state index in [9.17, 15) is 4.79 Å². The molecule has 0 bridgehead atoms. The number of benzene rings is 1. The van der Waals surface area contributed by atoms with Crippen LogP contribution >= 0.6 is 0 Å². The number of aliphatic hydroxyl groups excluding tert-OH is 1. The Bertz CT molecular complexity index is 595. The monoisotopic (exact) mass is 274 g/mol. The molecule has 0 radical (unpaired) electrons. The smallest absolute Gasteiger partial charge is 0.242 e. The van der Waals surface area contributed by atoms with Gasteiger partial charge in [0.05, 0.1) is 11.6 Å². The summed E-state index contributed by atoms with van der Waals surface area (Å²) < 4.78 is 0. The van der Waals surface area contributed by atoms with Crippen molar-refractivity contribution in [3.8, 4) is 0 Å². The molecule has 106 valence electrons. The Morgan fingerprint density at radius 1 is 1.30 bits per heavy atom. The molecule has 0 aliphatic heterocycles. The highest BCUT2D eigenvalue weighted by molar-refractivity contribution is 5.91. The maximum absolute atomic E-state index is 11.9. The summed E-state index contributed by atoms with van der Waals surface area (Å²) in [7, 11) is 0. The summed E-state index contributed by atoms with van der Waals surface area (Å²) in [6, 6.07) is 7.14. The second kappa shape index (κ2) is 6.29. The van der Waals surface area contributed by atoms with Crippen LogP contribution in [0.25, 0.3) is 10.9 Å². The molecule has 0 aliphatic carbocycles. The minimum absolute atomic E-state index is 0.186. The molecule has 2 unspecified atom stereocenters. The van der Waals surface area contributed by atoms with Crippen LogP contribution in [-0.2, 0) is 4.79 Å². The molecule has 1 aromatic carbocycles. The van der Waals surface area contributed by atoms with Gasteiger partial charge in [0.1, 0.15) is 18.2 Å². The van der Waals surface area contributed by atoms with Gasteiger partial charge in [-0.3, -0.25) is 4.79 Å². The first kappa shape index (κ1) is 14.2. The van der Waals surface area contributed by atoms with Gasteiger partial charge in [-0.25, -0.2) is 9.97 Å². The lowest BCUT2D eigenvalue weighted by Gasteiger charge is -2.16. The molecule has 1 aromatic heterocycles. The number of para-hydroxylation sites is 1. The third kappa shape index (κ3) is 3.42. The van der Waals surface area contributed by atoms with Crippen LogP contribution in [0.2, 0.25) is 0 Å². The van der Waals surface area contributed by atoms with Crippen molar-refractivity contribution in [2.75, 3.05) is 11.9 Å². The Balaban J connectivity index is 2.10. The molecular weight excluding hydrogens is 256 g/mol. The molecule has 0 aliphatic rings. The molecule has 1 amide bonds. The normalized spacial score (nSPS) is 13.8. The zero-order chi connectivity index (χ0) is 14.5. The largest absolute Gasteiger partial charge is 0.392 e. The maximum Gasteiger partial charge on any atom is 0.242 e. The van der Waals surface area contributed by atoms with Crippen molar-refractivity contribution < 1.29 is 9.90 Å². The lowest BCUT2D eigenvalue weighted by Crippen LogP contribution is -2.40. The van der Waals surface area contributed by atoms with E-state index in [4.69, 9.17) is 5.11 Å². The zero-order valence-electron chi connectivity index (χ0n) is 11.5. The second-order valence-electron chi connectivity index (χ2n) is 4.70. The first-order valence-electron chi connectivity index (χ1n) is 6.50. The molecule has 0 fully saturated rings. The predicted molar refractivity (Wildman–Crippen MR) is 77.3 cm³/mol. The Hall–Kier alpha value is -2.21. The number of hydrogen-bond acceptors (Lipinski definition) is 5. The summed E-state index contributed by atoms with van der Waals surface area (Å²) >= 11 is 0. The first-order chi connectivity index (χ1) is 9.58. The number of nitrogens with zero attached hydrogens (tertiary/aromatic N) is 2. The van der Waals surface area contributed by atoms with Gasteiger partial charge < -0.3 is 15.7 Å². The fourth-order valence-electron chi connectivity index (χ4n) is 1.79. The van der Waals surface area contributed by atoms with Gasteiger partial charge in [0.2, 0.25) is 5.91 Å². The molecule has 6 heteroatoms. The number of anilines is 1. The van der Waals surface area contributed by atoms with E-state index in [1.807, 2.05) is 24.3 Å². The van der Waals surface area contributed by atoms with Gasteiger partial charge >= 0.3 is 0 Å². The van der Waals surface area contributed by atoms with E-state index < -0.39 is 12.1 Å². The summed E-state index contributed by atoms with van der Waals surface area (Å²) in [5.74, 6) is 0.434. The Morgan fingerprint density at radius 3 is 2.80 bits per heavy atom. The van der Waals surface area contributed by atoms with Crippen molar-refractivity contribution >= 4 is 22.6 Å². The highest BCUT2D eigenvalue weighted by Crippen LogP contribution is 2.18. The van der Waals surface area contributed by atoms with Crippen LogP contribution in [0.1, 0.15) is 13.8 Å². The van der Waals surface area contributed by atoms with Crippen molar-refractivity contribution in [3.63, 3.8) is 0 Å². The molecule has 3 N–H and O–H groups in total. The number of hydrogen-bond donors (Lipinski definition) is 3. The molecule has 1 heterocycles. The molecule has 6 nitrogen and oxygen atoms in total. The lowest BCUT2D eigenvalue weighted by molar-refractivity contribution is -0.121. The maximum atomic E-state index is 11.9. The molecule has 2 aromatic rings. The number of amides is 1. The molecule has 0 saturated carbocycles. The second-order valence-corrected chi connectivity index (χ2v) is 4.70. The van der Waals surface area contributed by atoms with E-state index in [1.54, 1.807) is 13.8 Å². The van der Waals surface area contributed by atoms with Gasteiger partial charge in [-0.2, -0.15) is 0 Å². The summed E-state index contributed by atoms with van der Waals surface area (Å²) in [5.41, 5.74) is 0.821. The quantitative estimate of drug-likeness (QED) is 0.755. The van der Waals surface area contributed by atoms with Crippen LogP contribution in [-0.4, -0.2) is 39.7 Å². The van der Waals surface area contributed by atoms with Crippen molar-refractivity contribution in [2.24, 2.45) is 0 Å². The molecular formula is C14H18N4O2. The van der Waals surface area contributed by atoms with Crippen LogP contribution in [0.3, 0.4) is 0 Å². The van der Waals surface area contributed by atoms with Crippen LogP contribution in [0, 0.1) is 0 Å². The third-order valence-electron chi connectivity index (χ3n) is 2.86. The van der Waals surface area contributed by atoms with Crippen LogP contribution in [0.15, 0.2) is 30.6 Å². The van der Waals surface area contributed by atoms with Gasteiger partial charge in [-0.1, -0.05) is 12.1 Å². The van der Waals surface area contributed by atoms with Gasteiger partial charge in [0.25, 0.3) is 0 Å². The minimum atomic E-state index is -0.564. The van der Waals surface area contributed by atoms with E-state index in [0.29, 0.717) is 5.82 Å². The minimum Gasteiger partial charge on any atom is -0.392 e. The first-order valence-corrected chi connectivity index (χ1v) is 6.50. The molecule has 2 atom stereocenters. The highest BCUT2D eigenvalue weighted by atomic mass is 16.3. The van der Waals surface area contributed by atoms with E-state index in [0.717, 1.165) is 10.9 Å². The Kier molecular flexibility index (Phi) is 4.47. The van der Waals surface area contributed by atoms with Gasteiger partial charge in [0.15, 0.2) is 0 Å².